The van der Waals surface area contributed by atoms with Gasteiger partial charge in [0.2, 0.25) is 17.1 Å². The fourth-order valence-electron chi connectivity index (χ4n) is 7.79. The van der Waals surface area contributed by atoms with Gasteiger partial charge < -0.3 is 29.1 Å². The lowest BCUT2D eigenvalue weighted by Crippen LogP contribution is -2.34. The summed E-state index contributed by atoms with van der Waals surface area (Å²) in [5, 5.41) is 20.6. The fourth-order valence-corrected chi connectivity index (χ4v) is 9.29. The Morgan fingerprint density at radius 3 is 2.15 bits per heavy atom. The zero-order chi connectivity index (χ0) is 48.0. The number of hydrogen-bond donors (Lipinski definition) is 5. The van der Waals surface area contributed by atoms with Gasteiger partial charge in [-0.05, 0) is 85.2 Å². The summed E-state index contributed by atoms with van der Waals surface area (Å²) in [5.41, 5.74) is 2.09. The average Bonchev–Trinajstić information content (AvgIpc) is 3.63. The first kappa shape index (κ1) is 50.7. The summed E-state index contributed by atoms with van der Waals surface area (Å²) in [7, 11) is -11.6. The summed E-state index contributed by atoms with van der Waals surface area (Å²) in [6, 6.07) is 14.0. The van der Waals surface area contributed by atoms with Gasteiger partial charge in [0.25, 0.3) is 30.4 Å². The van der Waals surface area contributed by atoms with Crippen molar-refractivity contribution in [3.8, 4) is 23.1 Å². The highest BCUT2D eigenvalue weighted by Crippen LogP contribution is 2.51. The Kier molecular flexibility index (Phi) is 16.0. The Hall–Kier alpha value is -5.29. The molecular weight excluding hydrogens is 907 g/mol. The van der Waals surface area contributed by atoms with E-state index in [-0.39, 0.29) is 54.7 Å². The smallest absolute Gasteiger partial charge is 0.333 e. The third-order valence-corrected chi connectivity index (χ3v) is 13.4. The molecular formula is C44H56N3O15S3+. The predicted octanol–water partition coefficient (Wildman–Crippen LogP) is 5.17. The van der Waals surface area contributed by atoms with Crippen LogP contribution in [0.1, 0.15) is 76.7 Å². The van der Waals surface area contributed by atoms with E-state index in [1.807, 2.05) is 35.8 Å². The molecule has 1 aromatic carbocycles. The lowest BCUT2D eigenvalue weighted by molar-refractivity contribution is -0.145. The number of carbonyl (C=O) groups is 1. The van der Waals surface area contributed by atoms with Gasteiger partial charge in [-0.25, -0.2) is 9.37 Å². The van der Waals surface area contributed by atoms with Crippen LogP contribution in [-0.4, -0.2) is 105 Å². The zero-order valence-corrected chi connectivity index (χ0v) is 39.2. The van der Waals surface area contributed by atoms with Crippen molar-refractivity contribution in [1.82, 2.24) is 9.31 Å². The number of nitrogens with zero attached hydrogens (tertiary/aromatic N) is 3. The Morgan fingerprint density at radius 1 is 0.846 bits per heavy atom. The lowest BCUT2D eigenvalue weighted by atomic mass is 9.77. The number of fused-ring (bicyclic) bond motifs is 2. The van der Waals surface area contributed by atoms with E-state index in [4.69, 9.17) is 14.0 Å². The van der Waals surface area contributed by atoms with Crippen LogP contribution < -0.4 is 19.7 Å². The third kappa shape index (κ3) is 13.4. The summed E-state index contributed by atoms with van der Waals surface area (Å²) < 4.78 is 114. The van der Waals surface area contributed by atoms with Gasteiger partial charge in [-0.1, -0.05) is 39.0 Å². The SMILES string of the molecule is COCC[N+](CCCS(=O)(=O)O)=c1ccc2c(C(C)(C)C)cc(C=CC=CC=C3N(CCCS(=O)(=O)O)c4ccc(S(=O)(=O)O)cc4C3(C)CCCC(=O)On3c(O)ccc3O)oc-2c1. The Labute approximate surface area is 379 Å². The Balaban J connectivity index is 1.53. The van der Waals surface area contributed by atoms with Crippen molar-refractivity contribution >= 4 is 48.1 Å². The normalized spacial score (nSPS) is 17.2. The minimum absolute atomic E-state index is 0.0124. The zero-order valence-electron chi connectivity index (χ0n) is 36.7. The molecule has 1 aliphatic carbocycles. The number of methoxy groups -OCH3 is 1. The molecule has 5 rings (SSSR count). The van der Waals surface area contributed by atoms with Crippen LogP contribution in [0.3, 0.4) is 0 Å². The fraction of sp³-hybridized carbons (Fsp3) is 0.409. The van der Waals surface area contributed by atoms with Crippen LogP contribution in [0.4, 0.5) is 5.69 Å². The minimum atomic E-state index is -4.66. The summed E-state index contributed by atoms with van der Waals surface area (Å²) in [6.07, 6.45) is 9.09. The number of aromatic hydroxyl groups is 2. The van der Waals surface area contributed by atoms with Gasteiger partial charge in [-0.3, -0.25) is 13.7 Å². The van der Waals surface area contributed by atoms with E-state index in [9.17, 15) is 53.9 Å². The first-order valence-corrected chi connectivity index (χ1v) is 25.3. The number of hydrogen-bond acceptors (Lipinski definition) is 13. The van der Waals surface area contributed by atoms with Crippen LogP contribution in [0.2, 0.25) is 0 Å². The highest BCUT2D eigenvalue weighted by Gasteiger charge is 2.44. The molecule has 3 heterocycles. The van der Waals surface area contributed by atoms with Crippen molar-refractivity contribution in [3.63, 3.8) is 0 Å². The van der Waals surface area contributed by atoms with Crippen molar-refractivity contribution in [2.75, 3.05) is 49.8 Å². The second-order valence-corrected chi connectivity index (χ2v) is 21.4. The molecule has 0 saturated carbocycles. The molecule has 18 nitrogen and oxygen atoms in total. The molecule has 0 amide bonds. The summed E-state index contributed by atoms with van der Waals surface area (Å²) >= 11 is 0. The van der Waals surface area contributed by atoms with Gasteiger partial charge in [0, 0.05) is 67.1 Å². The first-order valence-electron chi connectivity index (χ1n) is 20.6. The maximum absolute atomic E-state index is 12.8. The third-order valence-electron chi connectivity index (χ3n) is 10.9. The molecule has 354 valence electrons. The topological polar surface area (TPSA) is 263 Å². The number of allylic oxidation sites excluding steroid dienone is 5. The summed E-state index contributed by atoms with van der Waals surface area (Å²) in [4.78, 5) is 19.4. The van der Waals surface area contributed by atoms with E-state index in [1.54, 1.807) is 42.4 Å². The number of carbonyl (C=O) groups excluding carboxylic acids is 1. The number of anilines is 1. The first-order chi connectivity index (χ1) is 30.3. The van der Waals surface area contributed by atoms with Crippen molar-refractivity contribution in [2.45, 2.75) is 75.5 Å². The number of ether oxygens (including phenoxy) is 1. The second kappa shape index (κ2) is 20.5. The number of aromatic nitrogens is 1. The van der Waals surface area contributed by atoms with Crippen molar-refractivity contribution in [1.29, 1.82) is 0 Å². The van der Waals surface area contributed by atoms with E-state index in [2.05, 4.69) is 20.8 Å². The van der Waals surface area contributed by atoms with E-state index in [0.29, 0.717) is 52.9 Å². The van der Waals surface area contributed by atoms with Gasteiger partial charge in [-0.2, -0.15) is 25.3 Å². The molecule has 0 radical (unpaired) electrons. The predicted molar refractivity (Wildman–Crippen MR) is 243 cm³/mol. The maximum Gasteiger partial charge on any atom is 0.333 e. The quantitative estimate of drug-likeness (QED) is 0.0434. The Bertz CT molecular complexity index is 2830. The molecule has 0 spiro atoms. The molecule has 3 aliphatic rings. The molecule has 0 saturated heterocycles. The molecule has 21 heteroatoms. The molecule has 5 N–H and O–H groups in total. The molecule has 0 bridgehead atoms. The van der Waals surface area contributed by atoms with Crippen LogP contribution in [0.5, 0.6) is 11.8 Å². The lowest BCUT2D eigenvalue weighted by Gasteiger charge is -2.30. The van der Waals surface area contributed by atoms with Crippen LogP contribution in [-0.2, 0) is 50.7 Å². The van der Waals surface area contributed by atoms with Crippen LogP contribution in [0, 0.1) is 0 Å². The highest BCUT2D eigenvalue weighted by molar-refractivity contribution is 7.86. The maximum atomic E-state index is 12.8. The highest BCUT2D eigenvalue weighted by atomic mass is 32.2. The van der Waals surface area contributed by atoms with E-state index in [1.165, 1.54) is 18.2 Å². The van der Waals surface area contributed by atoms with Crippen molar-refractivity contribution in [3.05, 3.63) is 107 Å². The Morgan fingerprint density at radius 2 is 1.52 bits per heavy atom. The number of benzene rings is 2. The monoisotopic (exact) mass is 962 g/mol. The standard InChI is InChI=1S/C44H55N3O15S3/c1-43(2,3)35-29-32(61-38-28-31(15-17-34(35)38)45(24-25-60-5)22-10-26-63(51,52)53)12-7-6-8-13-39-44(4,21-9-14-42(50)62-47-40(48)19-20-41(47)49)36-30-33(65(57,58)59)16-18-37(36)46(39)23-11-27-64(54,55)56/h6-8,12-13,15-20,28-30H,9-11,14,21-27H2,1-5H3,(H4-,48,49,51,52,53,54,55,56,57,58,59)/p+1. The van der Waals surface area contributed by atoms with Crippen LogP contribution in [0.25, 0.3) is 17.4 Å². The summed E-state index contributed by atoms with van der Waals surface area (Å²) in [5.74, 6) is -1.63. The van der Waals surface area contributed by atoms with Crippen LogP contribution in [0.15, 0.2) is 93.9 Å². The van der Waals surface area contributed by atoms with Crippen molar-refractivity contribution < 1.29 is 67.9 Å². The number of rotatable bonds is 20. The molecule has 1 unspecified atom stereocenters. The molecule has 2 aromatic rings. The average molecular weight is 963 g/mol. The largest absolute Gasteiger partial charge is 0.492 e. The van der Waals surface area contributed by atoms with Gasteiger partial charge in [0.15, 0.2) is 6.54 Å². The van der Waals surface area contributed by atoms with Gasteiger partial charge in [0.1, 0.15) is 24.7 Å². The minimum Gasteiger partial charge on any atom is -0.492 e. The van der Waals surface area contributed by atoms with Crippen molar-refractivity contribution in [2.24, 2.45) is 0 Å². The van der Waals surface area contributed by atoms with E-state index in [0.717, 1.165) is 28.6 Å². The van der Waals surface area contributed by atoms with Crippen LogP contribution >= 0.6 is 0 Å². The van der Waals surface area contributed by atoms with Gasteiger partial charge in [-0.15, -0.1) is 4.73 Å². The second-order valence-electron chi connectivity index (χ2n) is 16.8. The van der Waals surface area contributed by atoms with Gasteiger partial charge >= 0.3 is 5.97 Å². The van der Waals surface area contributed by atoms with E-state index >= 15 is 0 Å². The van der Waals surface area contributed by atoms with E-state index < -0.39 is 59.3 Å². The summed E-state index contributed by atoms with van der Waals surface area (Å²) in [6.45, 7) is 9.29. The molecule has 1 aromatic heterocycles. The molecule has 0 fully saturated rings. The molecule has 65 heavy (non-hydrogen) atoms. The molecule has 2 aliphatic heterocycles. The van der Waals surface area contributed by atoms with Gasteiger partial charge in [0.05, 0.1) is 22.5 Å². The molecule has 1 atom stereocenters.